The summed E-state index contributed by atoms with van der Waals surface area (Å²) in [5.41, 5.74) is 0. The molecule has 6 heteroatoms. The first-order chi connectivity index (χ1) is 35.0. The molecule has 422 valence electrons. The molecule has 1 amide bonds. The number of carbonyl (C=O) groups is 1. The van der Waals surface area contributed by atoms with E-state index in [4.69, 9.17) is 0 Å². The van der Waals surface area contributed by atoms with E-state index in [0.717, 1.165) is 38.5 Å². The molecule has 0 rings (SSSR count). The van der Waals surface area contributed by atoms with Crippen molar-refractivity contribution in [1.82, 2.24) is 5.32 Å². The monoisotopic (exact) mass is 1000 g/mol. The number of amides is 1. The Hall–Kier alpha value is -1.21. The normalized spacial score (nSPS) is 13.7. The van der Waals surface area contributed by atoms with Crippen LogP contribution >= 0.6 is 0 Å². The highest BCUT2D eigenvalue weighted by Crippen LogP contribution is 2.19. The molecule has 0 heterocycles. The van der Waals surface area contributed by atoms with E-state index < -0.39 is 36.9 Å². The van der Waals surface area contributed by atoms with Crippen molar-refractivity contribution < 1.29 is 25.2 Å². The first kappa shape index (κ1) is 69.8. The second-order valence-corrected chi connectivity index (χ2v) is 22.5. The molecule has 0 radical (unpaired) electrons. The van der Waals surface area contributed by atoms with Crippen LogP contribution in [-0.2, 0) is 4.79 Å². The van der Waals surface area contributed by atoms with Crippen molar-refractivity contribution in [3.8, 4) is 0 Å². The van der Waals surface area contributed by atoms with Crippen LogP contribution in [0.5, 0.6) is 0 Å². The van der Waals surface area contributed by atoms with E-state index in [1.807, 2.05) is 0 Å². The molecule has 5 N–H and O–H groups in total. The lowest BCUT2D eigenvalue weighted by Crippen LogP contribution is -2.53. The summed E-state index contributed by atoms with van der Waals surface area (Å²) in [6, 6.07) is -1.00. The molecule has 0 fully saturated rings. The SMILES string of the molecule is CCCCCCCCCCCCCC/C=C\CCCCCCCCCCCCCC(O)C(=O)NC(CO)C(O)C(O)CCC/C=C/CCCCCCCCCCCCCCCCCCCCCCCCC. The highest BCUT2D eigenvalue weighted by atomic mass is 16.3. The predicted octanol–water partition coefficient (Wildman–Crippen LogP) is 19.4. The quantitative estimate of drug-likeness (QED) is 0.0308. The van der Waals surface area contributed by atoms with E-state index in [9.17, 15) is 25.2 Å². The summed E-state index contributed by atoms with van der Waals surface area (Å²) >= 11 is 0. The number of allylic oxidation sites excluding steroid dienone is 4. The minimum Gasteiger partial charge on any atom is -0.394 e. The molecule has 0 bridgehead atoms. The average Bonchev–Trinajstić information content (AvgIpc) is 3.38. The van der Waals surface area contributed by atoms with Gasteiger partial charge in [-0.05, 0) is 64.2 Å². The second-order valence-electron chi connectivity index (χ2n) is 22.5. The highest BCUT2D eigenvalue weighted by molar-refractivity contribution is 5.80. The van der Waals surface area contributed by atoms with Crippen LogP contribution in [0.25, 0.3) is 0 Å². The fourth-order valence-electron chi connectivity index (χ4n) is 10.3. The van der Waals surface area contributed by atoms with Crippen molar-refractivity contribution in [2.24, 2.45) is 0 Å². The maximum Gasteiger partial charge on any atom is 0.249 e. The number of nitrogens with one attached hydrogen (secondary N) is 1. The Morgan fingerprint density at radius 1 is 0.338 bits per heavy atom. The molecule has 0 aliphatic heterocycles. The molecule has 0 aromatic rings. The number of unbranched alkanes of at least 4 members (excludes halogenated alkanes) is 47. The Morgan fingerprint density at radius 3 is 0.845 bits per heavy atom. The van der Waals surface area contributed by atoms with Crippen LogP contribution in [0.2, 0.25) is 0 Å². The van der Waals surface area contributed by atoms with E-state index in [-0.39, 0.29) is 0 Å². The molecule has 4 unspecified atom stereocenters. The number of aliphatic hydroxyl groups excluding tert-OH is 4. The fourth-order valence-corrected chi connectivity index (χ4v) is 10.3. The number of hydrogen-bond acceptors (Lipinski definition) is 5. The molecule has 4 atom stereocenters. The van der Waals surface area contributed by atoms with Gasteiger partial charge in [0.15, 0.2) is 0 Å². The zero-order valence-corrected chi connectivity index (χ0v) is 48.0. The van der Waals surface area contributed by atoms with E-state index in [1.54, 1.807) is 0 Å². The van der Waals surface area contributed by atoms with E-state index in [0.29, 0.717) is 12.8 Å². The molecule has 0 aromatic carbocycles. The smallest absolute Gasteiger partial charge is 0.249 e. The van der Waals surface area contributed by atoms with Gasteiger partial charge in [-0.2, -0.15) is 0 Å². The topological polar surface area (TPSA) is 110 Å². The largest absolute Gasteiger partial charge is 0.394 e. The zero-order valence-electron chi connectivity index (χ0n) is 48.0. The molecular formula is C65H127NO5. The van der Waals surface area contributed by atoms with E-state index in [1.165, 1.54) is 289 Å². The second kappa shape index (κ2) is 59.7. The molecule has 0 spiro atoms. The fraction of sp³-hybridized carbons (Fsp3) is 0.923. The van der Waals surface area contributed by atoms with Gasteiger partial charge in [0.2, 0.25) is 5.91 Å². The van der Waals surface area contributed by atoms with Gasteiger partial charge in [-0.25, -0.2) is 0 Å². The van der Waals surface area contributed by atoms with E-state index in [2.05, 4.69) is 43.5 Å². The van der Waals surface area contributed by atoms with Crippen molar-refractivity contribution in [2.45, 2.75) is 379 Å². The van der Waals surface area contributed by atoms with Gasteiger partial charge in [0.25, 0.3) is 0 Å². The molecule has 0 aliphatic carbocycles. The van der Waals surface area contributed by atoms with Gasteiger partial charge in [0.1, 0.15) is 12.2 Å². The van der Waals surface area contributed by atoms with Gasteiger partial charge in [-0.15, -0.1) is 0 Å². The van der Waals surface area contributed by atoms with Gasteiger partial charge in [-0.1, -0.05) is 314 Å². The average molecular weight is 1000 g/mol. The first-order valence-electron chi connectivity index (χ1n) is 32.2. The lowest BCUT2D eigenvalue weighted by atomic mass is 10.00. The maximum absolute atomic E-state index is 12.6. The van der Waals surface area contributed by atoms with Crippen molar-refractivity contribution in [3.63, 3.8) is 0 Å². The zero-order chi connectivity index (χ0) is 51.6. The summed E-state index contributed by atoms with van der Waals surface area (Å²) in [6.07, 6.45) is 74.2. The van der Waals surface area contributed by atoms with Gasteiger partial charge in [-0.3, -0.25) is 4.79 Å². The van der Waals surface area contributed by atoms with Crippen LogP contribution in [0.3, 0.4) is 0 Å². The molecule has 0 aliphatic rings. The third-order valence-electron chi connectivity index (χ3n) is 15.4. The lowest BCUT2D eigenvalue weighted by molar-refractivity contribution is -0.132. The third kappa shape index (κ3) is 53.4. The Labute approximate surface area is 444 Å². The van der Waals surface area contributed by atoms with Crippen LogP contribution in [0.1, 0.15) is 354 Å². The number of aliphatic hydroxyl groups is 4. The minimum absolute atomic E-state index is 0.364. The minimum atomic E-state index is -1.28. The van der Waals surface area contributed by atoms with Crippen molar-refractivity contribution in [1.29, 1.82) is 0 Å². The summed E-state index contributed by atoms with van der Waals surface area (Å²) in [5, 5.41) is 44.1. The number of rotatable bonds is 60. The molecular weight excluding hydrogens is 875 g/mol. The molecule has 6 nitrogen and oxygen atoms in total. The van der Waals surface area contributed by atoms with Crippen LogP contribution in [-0.4, -0.2) is 57.3 Å². The van der Waals surface area contributed by atoms with Gasteiger partial charge in [0.05, 0.1) is 18.8 Å². The predicted molar refractivity (Wildman–Crippen MR) is 311 cm³/mol. The number of hydrogen-bond donors (Lipinski definition) is 5. The van der Waals surface area contributed by atoms with Crippen LogP contribution in [0.15, 0.2) is 24.3 Å². The Morgan fingerprint density at radius 2 is 0.577 bits per heavy atom. The lowest BCUT2D eigenvalue weighted by Gasteiger charge is -2.27. The Kier molecular flexibility index (Phi) is 58.6. The molecule has 0 saturated carbocycles. The first-order valence-corrected chi connectivity index (χ1v) is 32.2. The molecule has 0 aromatic heterocycles. The molecule has 0 saturated heterocycles. The van der Waals surface area contributed by atoms with Crippen LogP contribution < -0.4 is 5.32 Å². The summed E-state index contributed by atoms with van der Waals surface area (Å²) in [4.78, 5) is 12.6. The summed E-state index contributed by atoms with van der Waals surface area (Å²) in [5.74, 6) is -0.588. The summed E-state index contributed by atoms with van der Waals surface area (Å²) < 4.78 is 0. The maximum atomic E-state index is 12.6. The van der Waals surface area contributed by atoms with Gasteiger partial charge >= 0.3 is 0 Å². The number of carbonyl (C=O) groups excluding carboxylic acids is 1. The van der Waals surface area contributed by atoms with Crippen molar-refractivity contribution >= 4 is 5.91 Å². The van der Waals surface area contributed by atoms with Crippen molar-refractivity contribution in [3.05, 3.63) is 24.3 Å². The van der Waals surface area contributed by atoms with Gasteiger partial charge < -0.3 is 25.7 Å². The third-order valence-corrected chi connectivity index (χ3v) is 15.4. The van der Waals surface area contributed by atoms with Crippen LogP contribution in [0.4, 0.5) is 0 Å². The molecule has 71 heavy (non-hydrogen) atoms. The summed E-state index contributed by atoms with van der Waals surface area (Å²) in [6.45, 7) is 4.09. The van der Waals surface area contributed by atoms with E-state index >= 15 is 0 Å². The summed E-state index contributed by atoms with van der Waals surface area (Å²) in [7, 11) is 0. The Balaban J connectivity index is 3.60. The van der Waals surface area contributed by atoms with Gasteiger partial charge in [0, 0.05) is 0 Å². The highest BCUT2D eigenvalue weighted by Gasteiger charge is 2.28. The van der Waals surface area contributed by atoms with Crippen molar-refractivity contribution in [2.75, 3.05) is 6.61 Å². The Bertz CT molecular complexity index is 1080. The standard InChI is InChI=1S/C65H127NO5/c1-3-5-7-9-11-13-15-17-19-21-23-25-27-29-31-33-34-36-38-40-42-44-46-48-50-52-54-56-58-62(68)64(70)61(60-67)66-65(71)63(69)59-57-55-53-51-49-47-45-43-41-39-37-35-32-30-28-26-24-22-20-18-16-14-12-10-8-6-4-2/h30,32,50,52,61-64,67-70H,3-29,31,33-49,51,53-60H2,1-2H3,(H,66,71)/b32-30-,52-50+. The van der Waals surface area contributed by atoms with Crippen LogP contribution in [0, 0.1) is 0 Å².